The SMILES string of the molecule is Cc1ccc(S(=O)(=O)Cc2cccc(C(F)(F)F)c2)c(C(=O)O)c1. The third kappa shape index (κ3) is 3.94. The maximum Gasteiger partial charge on any atom is 0.416 e. The van der Waals surface area contributed by atoms with Gasteiger partial charge in [-0.25, -0.2) is 13.2 Å². The Hall–Kier alpha value is -2.35. The highest BCUT2D eigenvalue weighted by molar-refractivity contribution is 7.90. The number of sulfone groups is 1. The van der Waals surface area contributed by atoms with Crippen LogP contribution in [0.4, 0.5) is 13.2 Å². The van der Waals surface area contributed by atoms with Crippen molar-refractivity contribution in [2.75, 3.05) is 0 Å². The van der Waals surface area contributed by atoms with E-state index < -0.39 is 43.8 Å². The van der Waals surface area contributed by atoms with E-state index >= 15 is 0 Å². The number of halogens is 3. The smallest absolute Gasteiger partial charge is 0.416 e. The molecule has 0 spiro atoms. The average Bonchev–Trinajstić information content (AvgIpc) is 2.45. The molecule has 0 aliphatic carbocycles. The molecule has 0 bridgehead atoms. The Kier molecular flexibility index (Phi) is 4.70. The van der Waals surface area contributed by atoms with Crippen LogP contribution in [0, 0.1) is 6.92 Å². The molecular weight excluding hydrogens is 345 g/mol. The first-order valence-electron chi connectivity index (χ1n) is 6.73. The third-order valence-electron chi connectivity index (χ3n) is 3.31. The monoisotopic (exact) mass is 358 g/mol. The van der Waals surface area contributed by atoms with Crippen molar-refractivity contribution in [3.05, 3.63) is 64.7 Å². The van der Waals surface area contributed by atoms with E-state index in [1.165, 1.54) is 18.2 Å². The number of aromatic carboxylic acids is 1. The highest BCUT2D eigenvalue weighted by Crippen LogP contribution is 2.30. The molecular formula is C16H13F3O4S. The number of hydrogen-bond donors (Lipinski definition) is 1. The van der Waals surface area contributed by atoms with Gasteiger partial charge in [0, 0.05) is 0 Å². The maximum absolute atomic E-state index is 12.7. The molecule has 0 aliphatic rings. The van der Waals surface area contributed by atoms with Gasteiger partial charge in [-0.3, -0.25) is 0 Å². The summed E-state index contributed by atoms with van der Waals surface area (Å²) in [6, 6.07) is 7.74. The van der Waals surface area contributed by atoms with E-state index in [1.54, 1.807) is 6.92 Å². The van der Waals surface area contributed by atoms with Gasteiger partial charge in [0.25, 0.3) is 0 Å². The van der Waals surface area contributed by atoms with Crippen LogP contribution in [0.15, 0.2) is 47.4 Å². The normalized spacial score (nSPS) is 12.2. The van der Waals surface area contributed by atoms with E-state index in [0.29, 0.717) is 5.56 Å². The molecule has 0 heterocycles. The fourth-order valence-corrected chi connectivity index (χ4v) is 3.75. The Bertz CT molecular complexity index is 886. The minimum atomic E-state index is -4.59. The van der Waals surface area contributed by atoms with Crippen LogP contribution in [0.25, 0.3) is 0 Å². The highest BCUT2D eigenvalue weighted by Gasteiger charge is 2.31. The molecule has 2 rings (SSSR count). The van der Waals surface area contributed by atoms with E-state index in [4.69, 9.17) is 5.11 Å². The van der Waals surface area contributed by atoms with E-state index in [9.17, 15) is 26.4 Å². The Morgan fingerprint density at radius 1 is 1.12 bits per heavy atom. The van der Waals surface area contributed by atoms with Crippen LogP contribution in [-0.2, 0) is 21.8 Å². The van der Waals surface area contributed by atoms with E-state index in [2.05, 4.69) is 0 Å². The van der Waals surface area contributed by atoms with Gasteiger partial charge >= 0.3 is 12.1 Å². The van der Waals surface area contributed by atoms with Crippen molar-refractivity contribution >= 4 is 15.8 Å². The van der Waals surface area contributed by atoms with Crippen molar-refractivity contribution in [3.8, 4) is 0 Å². The van der Waals surface area contributed by atoms with Gasteiger partial charge < -0.3 is 5.11 Å². The standard InChI is InChI=1S/C16H13F3O4S/c1-10-5-6-14(13(7-10)15(20)21)24(22,23)9-11-3-2-4-12(8-11)16(17,18)19/h2-8H,9H2,1H3,(H,20,21). The molecule has 0 atom stereocenters. The zero-order valence-corrected chi connectivity index (χ0v) is 13.3. The molecule has 24 heavy (non-hydrogen) atoms. The number of carboxylic acid groups (broad SMARTS) is 1. The average molecular weight is 358 g/mol. The Morgan fingerprint density at radius 3 is 2.38 bits per heavy atom. The van der Waals surface area contributed by atoms with Crippen LogP contribution in [0.1, 0.15) is 27.0 Å². The Balaban J connectivity index is 2.45. The molecule has 128 valence electrons. The minimum Gasteiger partial charge on any atom is -0.478 e. The predicted octanol–water partition coefficient (Wildman–Crippen LogP) is 3.69. The van der Waals surface area contributed by atoms with Crippen molar-refractivity contribution in [1.29, 1.82) is 0 Å². The summed E-state index contributed by atoms with van der Waals surface area (Å²) < 4.78 is 63.0. The van der Waals surface area contributed by atoms with Crippen molar-refractivity contribution in [2.24, 2.45) is 0 Å². The first kappa shape index (κ1) is 18.0. The van der Waals surface area contributed by atoms with Gasteiger partial charge in [0.1, 0.15) is 0 Å². The van der Waals surface area contributed by atoms with Gasteiger partial charge in [0.2, 0.25) is 0 Å². The lowest BCUT2D eigenvalue weighted by atomic mass is 10.1. The molecule has 0 aliphatic heterocycles. The Morgan fingerprint density at radius 2 is 1.79 bits per heavy atom. The second kappa shape index (κ2) is 6.27. The fraction of sp³-hybridized carbons (Fsp3) is 0.188. The molecule has 0 radical (unpaired) electrons. The molecule has 0 aromatic heterocycles. The van der Waals surface area contributed by atoms with Gasteiger partial charge in [-0.05, 0) is 30.7 Å². The first-order valence-corrected chi connectivity index (χ1v) is 8.39. The third-order valence-corrected chi connectivity index (χ3v) is 5.05. The van der Waals surface area contributed by atoms with Crippen LogP contribution in [0.2, 0.25) is 0 Å². The highest BCUT2D eigenvalue weighted by atomic mass is 32.2. The van der Waals surface area contributed by atoms with Gasteiger partial charge in [-0.2, -0.15) is 13.2 Å². The number of carbonyl (C=O) groups is 1. The molecule has 2 aromatic rings. The van der Waals surface area contributed by atoms with Crippen molar-refractivity contribution in [3.63, 3.8) is 0 Å². The summed E-state index contributed by atoms with van der Waals surface area (Å²) in [4.78, 5) is 10.8. The fourth-order valence-electron chi connectivity index (χ4n) is 2.22. The maximum atomic E-state index is 12.7. The second-order valence-corrected chi connectivity index (χ2v) is 7.22. The van der Waals surface area contributed by atoms with Crippen LogP contribution in [-0.4, -0.2) is 19.5 Å². The molecule has 0 unspecified atom stereocenters. The van der Waals surface area contributed by atoms with Crippen molar-refractivity contribution in [2.45, 2.75) is 23.7 Å². The summed E-state index contributed by atoms with van der Waals surface area (Å²) in [5.74, 6) is -2.14. The van der Waals surface area contributed by atoms with Crippen LogP contribution in [0.3, 0.4) is 0 Å². The van der Waals surface area contributed by atoms with E-state index in [0.717, 1.165) is 24.3 Å². The zero-order chi connectivity index (χ0) is 18.1. The number of aryl methyl sites for hydroxylation is 1. The van der Waals surface area contributed by atoms with E-state index in [1.807, 2.05) is 0 Å². The largest absolute Gasteiger partial charge is 0.478 e. The zero-order valence-electron chi connectivity index (χ0n) is 12.5. The molecule has 0 amide bonds. The number of rotatable bonds is 4. The summed E-state index contributed by atoms with van der Waals surface area (Å²) in [6.07, 6.45) is -4.59. The topological polar surface area (TPSA) is 71.4 Å². The second-order valence-electron chi connectivity index (χ2n) is 5.26. The summed E-state index contributed by atoms with van der Waals surface area (Å²) in [6.45, 7) is 1.61. The first-order chi connectivity index (χ1) is 11.0. The number of alkyl halides is 3. The summed E-state index contributed by atoms with van der Waals surface area (Å²) >= 11 is 0. The van der Waals surface area contributed by atoms with Gasteiger partial charge in [0.05, 0.1) is 21.8 Å². The van der Waals surface area contributed by atoms with Crippen LogP contribution < -0.4 is 0 Å². The molecule has 0 fully saturated rings. The Labute approximate surface area is 136 Å². The molecule has 0 saturated heterocycles. The summed E-state index contributed by atoms with van der Waals surface area (Å²) in [5.41, 5.74) is -0.869. The molecule has 2 aromatic carbocycles. The van der Waals surface area contributed by atoms with Gasteiger partial charge in [-0.15, -0.1) is 0 Å². The summed E-state index contributed by atoms with van der Waals surface area (Å²) in [5, 5.41) is 9.16. The summed E-state index contributed by atoms with van der Waals surface area (Å²) in [7, 11) is -4.12. The predicted molar refractivity (Wildman–Crippen MR) is 80.5 cm³/mol. The lowest BCUT2D eigenvalue weighted by Crippen LogP contribution is -2.12. The quantitative estimate of drug-likeness (QED) is 0.905. The van der Waals surface area contributed by atoms with Crippen LogP contribution in [0.5, 0.6) is 0 Å². The molecule has 1 N–H and O–H groups in total. The molecule has 0 saturated carbocycles. The van der Waals surface area contributed by atoms with E-state index in [-0.39, 0.29) is 5.56 Å². The molecule has 4 nitrogen and oxygen atoms in total. The minimum absolute atomic E-state index is 0.0678. The van der Waals surface area contributed by atoms with Crippen molar-refractivity contribution < 1.29 is 31.5 Å². The van der Waals surface area contributed by atoms with Crippen molar-refractivity contribution in [1.82, 2.24) is 0 Å². The number of hydrogen-bond acceptors (Lipinski definition) is 3. The van der Waals surface area contributed by atoms with Crippen LogP contribution >= 0.6 is 0 Å². The van der Waals surface area contributed by atoms with Gasteiger partial charge in [0.15, 0.2) is 9.84 Å². The lowest BCUT2D eigenvalue weighted by molar-refractivity contribution is -0.137. The van der Waals surface area contributed by atoms with Gasteiger partial charge in [-0.1, -0.05) is 29.8 Å². The lowest BCUT2D eigenvalue weighted by Gasteiger charge is -2.11. The number of carboxylic acids is 1. The number of benzene rings is 2. The molecule has 8 heteroatoms.